The molecule has 0 aliphatic carbocycles. The van der Waals surface area contributed by atoms with Gasteiger partial charge < -0.3 is 15.2 Å². The van der Waals surface area contributed by atoms with E-state index in [0.29, 0.717) is 18.0 Å². The zero-order valence-corrected chi connectivity index (χ0v) is 24.3. The molecule has 1 aliphatic heterocycles. The minimum atomic E-state index is -0.443. The van der Waals surface area contributed by atoms with Crippen LogP contribution in [0, 0.1) is 0 Å². The summed E-state index contributed by atoms with van der Waals surface area (Å²) in [4.78, 5) is 38.7. The number of nitrogens with zero attached hydrogens (tertiary/aromatic N) is 3. The van der Waals surface area contributed by atoms with Crippen molar-refractivity contribution in [1.82, 2.24) is 14.9 Å². The predicted molar refractivity (Wildman–Crippen MR) is 165 cm³/mol. The maximum absolute atomic E-state index is 14.1. The topological polar surface area (TPSA) is 81.3 Å². The van der Waals surface area contributed by atoms with E-state index in [4.69, 9.17) is 11.6 Å². The van der Waals surface area contributed by atoms with Crippen LogP contribution in [0.2, 0.25) is 5.02 Å². The molecule has 0 spiro atoms. The Labute approximate surface area is 246 Å². The number of fused-ring (bicyclic) bond motifs is 1. The number of unbranched alkanes of at least 4 members (excludes halogenated alkanes) is 1. The van der Waals surface area contributed by atoms with Gasteiger partial charge in [-0.1, -0.05) is 80.8 Å². The Kier molecular flexibility index (Phi) is 9.04. The van der Waals surface area contributed by atoms with E-state index >= 15 is 0 Å². The first-order valence-corrected chi connectivity index (χ1v) is 14.7. The molecular formula is C33H36ClN5O2. The van der Waals surface area contributed by atoms with Gasteiger partial charge in [0.2, 0.25) is 5.91 Å². The summed E-state index contributed by atoms with van der Waals surface area (Å²) in [6.45, 7) is 4.69. The number of carbonyl (C=O) groups excluding carboxylic acids is 2. The highest BCUT2D eigenvalue weighted by atomic mass is 35.5. The Morgan fingerprint density at radius 1 is 1.05 bits per heavy atom. The van der Waals surface area contributed by atoms with Crippen LogP contribution in [0.5, 0.6) is 0 Å². The normalized spacial score (nSPS) is 14.7. The summed E-state index contributed by atoms with van der Waals surface area (Å²) in [5.41, 5.74) is 5.57. The van der Waals surface area contributed by atoms with E-state index in [1.165, 1.54) is 0 Å². The average molecular weight is 570 g/mol. The fourth-order valence-corrected chi connectivity index (χ4v) is 5.66. The molecule has 7 nitrogen and oxygen atoms in total. The summed E-state index contributed by atoms with van der Waals surface area (Å²) in [6.07, 6.45) is 7.76. The number of rotatable bonds is 11. The van der Waals surface area contributed by atoms with Crippen molar-refractivity contribution in [3.8, 4) is 0 Å². The number of carbonyl (C=O) groups is 2. The molecule has 0 saturated carbocycles. The molecule has 1 aliphatic rings. The summed E-state index contributed by atoms with van der Waals surface area (Å²) >= 11 is 6.48. The van der Waals surface area contributed by atoms with Gasteiger partial charge in [0.15, 0.2) is 0 Å². The van der Waals surface area contributed by atoms with Gasteiger partial charge in [-0.15, -0.1) is 0 Å². The first-order chi connectivity index (χ1) is 20.0. The number of halogens is 1. The molecule has 5 rings (SSSR count). The highest BCUT2D eigenvalue weighted by Crippen LogP contribution is 2.42. The molecule has 41 heavy (non-hydrogen) atoms. The number of aryl methyl sites for hydroxylation is 1. The average Bonchev–Trinajstić information content (AvgIpc) is 3.48. The molecule has 212 valence electrons. The Morgan fingerprint density at radius 2 is 1.88 bits per heavy atom. The number of anilines is 2. The van der Waals surface area contributed by atoms with Gasteiger partial charge >= 0.3 is 6.03 Å². The van der Waals surface area contributed by atoms with Crippen molar-refractivity contribution < 1.29 is 9.59 Å². The number of aromatic amines is 1. The lowest BCUT2D eigenvalue weighted by atomic mass is 9.93. The molecule has 1 aromatic heterocycles. The van der Waals surface area contributed by atoms with E-state index in [0.717, 1.165) is 65.1 Å². The van der Waals surface area contributed by atoms with Crippen LogP contribution in [0.15, 0.2) is 79.1 Å². The van der Waals surface area contributed by atoms with Crippen molar-refractivity contribution in [2.75, 3.05) is 23.3 Å². The van der Waals surface area contributed by atoms with Gasteiger partial charge in [-0.3, -0.25) is 9.69 Å². The molecule has 8 heteroatoms. The SMILES string of the molecule is CCCCN1C(=O)N(CC(=O)Nc2cc(Cc3ncc[nH]3)ccc2CCC)C(c2ccccc2)c2cc(Cl)ccc21. The minimum absolute atomic E-state index is 0.0963. The van der Waals surface area contributed by atoms with Crippen molar-refractivity contribution in [2.45, 2.75) is 52.0 Å². The number of benzene rings is 3. The second-order valence-corrected chi connectivity index (χ2v) is 10.9. The molecule has 1 atom stereocenters. The highest BCUT2D eigenvalue weighted by molar-refractivity contribution is 6.30. The van der Waals surface area contributed by atoms with Gasteiger partial charge in [0, 0.05) is 41.6 Å². The van der Waals surface area contributed by atoms with Gasteiger partial charge in [-0.2, -0.15) is 0 Å². The molecule has 0 radical (unpaired) electrons. The summed E-state index contributed by atoms with van der Waals surface area (Å²) in [5.74, 6) is 0.618. The van der Waals surface area contributed by atoms with Crippen LogP contribution in [-0.2, 0) is 17.6 Å². The first kappa shape index (κ1) is 28.4. The van der Waals surface area contributed by atoms with Crippen LogP contribution in [0.3, 0.4) is 0 Å². The third-order valence-corrected chi connectivity index (χ3v) is 7.66. The number of amides is 3. The lowest BCUT2D eigenvalue weighted by molar-refractivity contribution is -0.117. The van der Waals surface area contributed by atoms with Crippen LogP contribution in [0.4, 0.5) is 16.2 Å². The van der Waals surface area contributed by atoms with Crippen LogP contribution in [0.25, 0.3) is 0 Å². The molecule has 0 bridgehead atoms. The van der Waals surface area contributed by atoms with Crippen molar-refractivity contribution in [3.05, 3.63) is 112 Å². The maximum atomic E-state index is 14.1. The molecule has 3 aromatic carbocycles. The van der Waals surface area contributed by atoms with E-state index in [2.05, 4.69) is 41.3 Å². The van der Waals surface area contributed by atoms with E-state index in [-0.39, 0.29) is 18.5 Å². The van der Waals surface area contributed by atoms with Crippen molar-refractivity contribution in [1.29, 1.82) is 0 Å². The third-order valence-electron chi connectivity index (χ3n) is 7.42. The zero-order chi connectivity index (χ0) is 28.8. The summed E-state index contributed by atoms with van der Waals surface area (Å²) in [7, 11) is 0. The van der Waals surface area contributed by atoms with E-state index in [1.54, 1.807) is 22.2 Å². The molecular weight excluding hydrogens is 534 g/mol. The molecule has 4 aromatic rings. The summed E-state index contributed by atoms with van der Waals surface area (Å²) in [5, 5.41) is 3.73. The standard InChI is InChI=1S/C33H36ClN5O2/c1-3-5-18-38-29-15-14-26(34)21-27(29)32(25-10-7-6-8-11-25)39(33(38)41)22-31(40)37-28-19-23(12-13-24(28)9-4-2)20-30-35-16-17-36-30/h6-8,10-17,19,21,32H,3-5,9,18,20,22H2,1-2H3,(H,35,36)(H,37,40). The lowest BCUT2D eigenvalue weighted by Gasteiger charge is -2.43. The Balaban J connectivity index is 1.47. The van der Waals surface area contributed by atoms with Gasteiger partial charge in [0.05, 0.1) is 11.7 Å². The number of imidazole rings is 1. The number of aromatic nitrogens is 2. The van der Waals surface area contributed by atoms with Gasteiger partial charge in [-0.25, -0.2) is 9.78 Å². The smallest absolute Gasteiger partial charge is 0.325 e. The fourth-order valence-electron chi connectivity index (χ4n) is 5.48. The molecule has 3 amide bonds. The van der Waals surface area contributed by atoms with Crippen LogP contribution in [-0.4, -0.2) is 39.9 Å². The summed E-state index contributed by atoms with van der Waals surface area (Å²) in [6, 6.07) is 21.0. The van der Waals surface area contributed by atoms with Gasteiger partial charge in [0.1, 0.15) is 12.4 Å². The first-order valence-electron chi connectivity index (χ1n) is 14.3. The quantitative estimate of drug-likeness (QED) is 0.198. The molecule has 0 fully saturated rings. The van der Waals surface area contributed by atoms with Crippen LogP contribution >= 0.6 is 11.6 Å². The molecule has 2 heterocycles. The minimum Gasteiger partial charge on any atom is -0.348 e. The lowest BCUT2D eigenvalue weighted by Crippen LogP contribution is -2.52. The van der Waals surface area contributed by atoms with E-state index in [1.807, 2.05) is 54.6 Å². The Hall–Kier alpha value is -4.10. The molecule has 0 saturated heterocycles. The second-order valence-electron chi connectivity index (χ2n) is 10.4. The number of hydrogen-bond acceptors (Lipinski definition) is 3. The number of hydrogen-bond donors (Lipinski definition) is 2. The van der Waals surface area contributed by atoms with Crippen LogP contribution < -0.4 is 10.2 Å². The number of urea groups is 1. The maximum Gasteiger partial charge on any atom is 0.325 e. The van der Waals surface area contributed by atoms with E-state index in [9.17, 15) is 9.59 Å². The molecule has 1 unspecified atom stereocenters. The van der Waals surface area contributed by atoms with Gasteiger partial charge in [0.25, 0.3) is 0 Å². The number of H-pyrrole nitrogens is 1. The molecule has 2 N–H and O–H groups in total. The van der Waals surface area contributed by atoms with Crippen molar-refractivity contribution in [2.24, 2.45) is 0 Å². The fraction of sp³-hybridized carbons (Fsp3) is 0.303. The van der Waals surface area contributed by atoms with Crippen LogP contribution in [0.1, 0.15) is 67.2 Å². The monoisotopic (exact) mass is 569 g/mol. The number of nitrogens with one attached hydrogen (secondary N) is 2. The van der Waals surface area contributed by atoms with Crippen molar-refractivity contribution in [3.63, 3.8) is 0 Å². The van der Waals surface area contributed by atoms with Crippen molar-refractivity contribution >= 4 is 34.9 Å². The third kappa shape index (κ3) is 6.46. The van der Waals surface area contributed by atoms with E-state index < -0.39 is 6.04 Å². The zero-order valence-electron chi connectivity index (χ0n) is 23.6. The largest absolute Gasteiger partial charge is 0.348 e. The Bertz CT molecular complexity index is 1490. The Morgan fingerprint density at radius 3 is 2.61 bits per heavy atom. The predicted octanol–water partition coefficient (Wildman–Crippen LogP) is 7.38. The summed E-state index contributed by atoms with van der Waals surface area (Å²) < 4.78 is 0. The highest BCUT2D eigenvalue weighted by Gasteiger charge is 2.39. The van der Waals surface area contributed by atoms with Gasteiger partial charge in [-0.05, 0) is 53.8 Å². The second kappa shape index (κ2) is 13.0.